The molecule has 3 aromatic heterocycles. The molecule has 1 aliphatic heterocycles. The van der Waals surface area contributed by atoms with Gasteiger partial charge in [0.05, 0.1) is 22.7 Å². The van der Waals surface area contributed by atoms with E-state index in [1.54, 1.807) is 10.8 Å². The van der Waals surface area contributed by atoms with Gasteiger partial charge in [0.15, 0.2) is 5.65 Å². The summed E-state index contributed by atoms with van der Waals surface area (Å²) in [6.07, 6.45) is 5.62. The van der Waals surface area contributed by atoms with Crippen LogP contribution in [0.2, 0.25) is 0 Å². The second-order valence-electron chi connectivity index (χ2n) is 7.06. The maximum atomic E-state index is 12.3. The number of hydrogen-bond donors (Lipinski definition) is 1. The Labute approximate surface area is 155 Å². The Morgan fingerprint density at radius 1 is 1.04 bits per heavy atom. The molecule has 0 spiro atoms. The summed E-state index contributed by atoms with van der Waals surface area (Å²) in [6.45, 7) is 2.54. The van der Waals surface area contributed by atoms with E-state index in [1.165, 1.54) is 0 Å². The van der Waals surface area contributed by atoms with Crippen LogP contribution < -0.4 is 10.6 Å². The molecule has 0 atom stereocenters. The number of imidazole rings is 1. The summed E-state index contributed by atoms with van der Waals surface area (Å²) in [5, 5.41) is 0. The zero-order chi connectivity index (χ0) is 18.2. The number of piperidine rings is 1. The van der Waals surface area contributed by atoms with Crippen LogP contribution in [0.1, 0.15) is 12.8 Å². The van der Waals surface area contributed by atoms with Gasteiger partial charge < -0.3 is 9.88 Å². The van der Waals surface area contributed by atoms with Gasteiger partial charge in [0, 0.05) is 25.8 Å². The van der Waals surface area contributed by atoms with Gasteiger partial charge in [-0.15, -0.1) is 0 Å². The summed E-state index contributed by atoms with van der Waals surface area (Å²) in [4.78, 5) is 31.1. The van der Waals surface area contributed by atoms with Crippen LogP contribution in [-0.2, 0) is 6.54 Å². The van der Waals surface area contributed by atoms with E-state index in [9.17, 15) is 4.79 Å². The molecular formula is C20H20N6O. The number of rotatable bonds is 3. The minimum Gasteiger partial charge on any atom is -0.355 e. The number of nitrogens with one attached hydrogen (secondary N) is 1. The van der Waals surface area contributed by atoms with Gasteiger partial charge >= 0.3 is 5.69 Å². The molecular weight excluding hydrogens is 340 g/mol. The first-order valence-electron chi connectivity index (χ1n) is 9.28. The Kier molecular flexibility index (Phi) is 3.85. The van der Waals surface area contributed by atoms with Crippen molar-refractivity contribution in [3.8, 4) is 0 Å². The third kappa shape index (κ3) is 2.95. The van der Waals surface area contributed by atoms with Crippen LogP contribution in [0.3, 0.4) is 0 Å². The largest absolute Gasteiger partial charge is 0.355 e. The van der Waals surface area contributed by atoms with E-state index in [0.29, 0.717) is 12.5 Å². The highest BCUT2D eigenvalue weighted by molar-refractivity contribution is 5.75. The van der Waals surface area contributed by atoms with Crippen LogP contribution in [0.25, 0.3) is 22.2 Å². The van der Waals surface area contributed by atoms with Crippen molar-refractivity contribution >= 4 is 28.0 Å². The van der Waals surface area contributed by atoms with E-state index in [-0.39, 0.29) is 5.69 Å². The van der Waals surface area contributed by atoms with Crippen LogP contribution in [0, 0.1) is 5.92 Å². The van der Waals surface area contributed by atoms with Crippen molar-refractivity contribution < 1.29 is 0 Å². The average Bonchev–Trinajstić information content (AvgIpc) is 3.03. The van der Waals surface area contributed by atoms with E-state index < -0.39 is 0 Å². The number of aromatic amines is 1. The van der Waals surface area contributed by atoms with E-state index in [1.807, 2.05) is 42.6 Å². The Bertz CT molecular complexity index is 1160. The summed E-state index contributed by atoms with van der Waals surface area (Å²) < 4.78 is 1.77. The summed E-state index contributed by atoms with van der Waals surface area (Å²) in [6, 6.07) is 11.7. The van der Waals surface area contributed by atoms with Gasteiger partial charge in [0.25, 0.3) is 0 Å². The van der Waals surface area contributed by atoms with E-state index in [0.717, 1.165) is 53.9 Å². The van der Waals surface area contributed by atoms with Gasteiger partial charge in [0.1, 0.15) is 5.82 Å². The number of fused-ring (bicyclic) bond motifs is 2. The first-order chi connectivity index (χ1) is 13.3. The summed E-state index contributed by atoms with van der Waals surface area (Å²) in [7, 11) is 0. The van der Waals surface area contributed by atoms with E-state index in [2.05, 4.69) is 19.9 Å². The lowest BCUT2D eigenvalue weighted by Gasteiger charge is -2.32. The Morgan fingerprint density at radius 2 is 1.85 bits per heavy atom. The fourth-order valence-corrected chi connectivity index (χ4v) is 3.86. The lowest BCUT2D eigenvalue weighted by Crippen LogP contribution is -2.36. The highest BCUT2D eigenvalue weighted by Gasteiger charge is 2.22. The van der Waals surface area contributed by atoms with Crippen molar-refractivity contribution in [3.63, 3.8) is 0 Å². The molecule has 1 N–H and O–H groups in total. The topological polar surface area (TPSA) is 79.7 Å². The molecule has 7 nitrogen and oxygen atoms in total. The number of hydrogen-bond acceptors (Lipinski definition) is 5. The summed E-state index contributed by atoms with van der Waals surface area (Å²) in [5.74, 6) is 1.38. The number of H-pyrrole nitrogens is 1. The van der Waals surface area contributed by atoms with Crippen molar-refractivity contribution in [2.45, 2.75) is 19.4 Å². The van der Waals surface area contributed by atoms with Crippen molar-refractivity contribution in [1.29, 1.82) is 0 Å². The molecule has 0 aliphatic carbocycles. The summed E-state index contributed by atoms with van der Waals surface area (Å²) >= 11 is 0. The molecule has 27 heavy (non-hydrogen) atoms. The van der Waals surface area contributed by atoms with E-state index in [4.69, 9.17) is 4.98 Å². The SMILES string of the molecule is O=c1[nH]c2cccnc2n1CC1CCN(c2cnc3ccccc3n2)CC1. The van der Waals surface area contributed by atoms with Gasteiger partial charge in [-0.3, -0.25) is 9.55 Å². The molecule has 136 valence electrons. The van der Waals surface area contributed by atoms with Crippen LogP contribution >= 0.6 is 0 Å². The second kappa shape index (κ2) is 6.50. The normalized spacial score (nSPS) is 15.6. The molecule has 1 saturated heterocycles. The van der Waals surface area contributed by atoms with Crippen LogP contribution in [0.4, 0.5) is 5.82 Å². The lowest BCUT2D eigenvalue weighted by molar-refractivity contribution is 0.355. The molecule has 7 heteroatoms. The maximum absolute atomic E-state index is 12.3. The number of aromatic nitrogens is 5. The predicted molar refractivity (Wildman–Crippen MR) is 105 cm³/mol. The molecule has 1 aliphatic rings. The zero-order valence-electron chi connectivity index (χ0n) is 14.9. The van der Waals surface area contributed by atoms with Gasteiger partial charge in [0.2, 0.25) is 0 Å². The monoisotopic (exact) mass is 360 g/mol. The highest BCUT2D eigenvalue weighted by Crippen LogP contribution is 2.24. The molecule has 0 unspecified atom stereocenters. The fraction of sp³-hybridized carbons (Fsp3) is 0.300. The Morgan fingerprint density at radius 3 is 2.70 bits per heavy atom. The molecule has 5 rings (SSSR count). The standard InChI is InChI=1S/C20H20N6O/c27-20-24-17-6-3-9-21-19(17)26(20)13-14-7-10-25(11-8-14)18-12-22-15-4-1-2-5-16(15)23-18/h1-6,9,12,14H,7-8,10-11,13H2,(H,24,27). The summed E-state index contributed by atoms with van der Waals surface area (Å²) in [5.41, 5.74) is 3.30. The third-order valence-electron chi connectivity index (χ3n) is 5.34. The first-order valence-corrected chi connectivity index (χ1v) is 9.28. The molecule has 0 saturated carbocycles. The zero-order valence-corrected chi connectivity index (χ0v) is 14.9. The molecule has 4 heterocycles. The van der Waals surface area contributed by atoms with Gasteiger partial charge in [-0.1, -0.05) is 12.1 Å². The average molecular weight is 360 g/mol. The van der Waals surface area contributed by atoms with E-state index >= 15 is 0 Å². The Balaban J connectivity index is 1.31. The number of pyridine rings is 1. The minimum atomic E-state index is -0.0773. The van der Waals surface area contributed by atoms with Gasteiger partial charge in [-0.05, 0) is 43.0 Å². The molecule has 0 radical (unpaired) electrons. The number of nitrogens with zero attached hydrogens (tertiary/aromatic N) is 5. The molecule has 0 amide bonds. The Hall–Kier alpha value is -3.22. The van der Waals surface area contributed by atoms with Crippen LogP contribution in [-0.4, -0.2) is 37.6 Å². The molecule has 1 aromatic carbocycles. The van der Waals surface area contributed by atoms with Gasteiger partial charge in [-0.2, -0.15) is 0 Å². The van der Waals surface area contributed by atoms with Crippen LogP contribution in [0.15, 0.2) is 53.6 Å². The quantitative estimate of drug-likeness (QED) is 0.607. The molecule has 1 fully saturated rings. The maximum Gasteiger partial charge on any atom is 0.327 e. The van der Waals surface area contributed by atoms with Gasteiger partial charge in [-0.25, -0.2) is 14.8 Å². The lowest BCUT2D eigenvalue weighted by atomic mass is 9.97. The van der Waals surface area contributed by atoms with Crippen LogP contribution in [0.5, 0.6) is 0 Å². The van der Waals surface area contributed by atoms with Crippen molar-refractivity contribution in [2.24, 2.45) is 5.92 Å². The van der Waals surface area contributed by atoms with Crippen molar-refractivity contribution in [1.82, 2.24) is 24.5 Å². The minimum absolute atomic E-state index is 0.0773. The fourth-order valence-electron chi connectivity index (χ4n) is 3.86. The predicted octanol–water partition coefficient (Wildman–Crippen LogP) is 2.58. The number of anilines is 1. The molecule has 0 bridgehead atoms. The highest BCUT2D eigenvalue weighted by atomic mass is 16.1. The van der Waals surface area contributed by atoms with Crippen molar-refractivity contribution in [3.05, 3.63) is 59.3 Å². The third-order valence-corrected chi connectivity index (χ3v) is 5.34. The number of para-hydroxylation sites is 2. The smallest absolute Gasteiger partial charge is 0.327 e. The second-order valence-corrected chi connectivity index (χ2v) is 7.06. The first kappa shape index (κ1) is 16.0. The van der Waals surface area contributed by atoms with Crippen molar-refractivity contribution in [2.75, 3.05) is 18.0 Å². The number of benzene rings is 1. The molecule has 4 aromatic rings.